The number of benzene rings is 1. The van der Waals surface area contributed by atoms with Crippen LogP contribution in [0.15, 0.2) is 42.6 Å². The van der Waals surface area contributed by atoms with Crippen molar-refractivity contribution in [3.63, 3.8) is 0 Å². The summed E-state index contributed by atoms with van der Waals surface area (Å²) in [5, 5.41) is 2.87. The molecule has 3 heterocycles. The first-order valence-electron chi connectivity index (χ1n) is 9.15. The summed E-state index contributed by atoms with van der Waals surface area (Å²) in [4.78, 5) is 36.4. The predicted octanol–water partition coefficient (Wildman–Crippen LogP) is 2.37. The van der Waals surface area contributed by atoms with Gasteiger partial charge in [0, 0.05) is 31.9 Å². The van der Waals surface area contributed by atoms with Crippen LogP contribution in [-0.2, 0) is 4.79 Å². The van der Waals surface area contributed by atoms with Gasteiger partial charge in [0.25, 0.3) is 5.91 Å². The van der Waals surface area contributed by atoms with Crippen molar-refractivity contribution in [3.05, 3.63) is 48.2 Å². The third-order valence-corrected chi connectivity index (χ3v) is 5.19. The number of likely N-dealkylation sites (N-methyl/N-ethyl adjacent to an activating group) is 1. The number of piperazine rings is 1. The van der Waals surface area contributed by atoms with Crippen molar-refractivity contribution in [2.75, 3.05) is 43.4 Å². The second kappa shape index (κ2) is 8.26. The molecule has 0 bridgehead atoms. The van der Waals surface area contributed by atoms with Crippen LogP contribution in [0.3, 0.4) is 0 Å². The molecule has 2 amide bonds. The van der Waals surface area contributed by atoms with Crippen LogP contribution in [0.25, 0.3) is 0 Å². The van der Waals surface area contributed by atoms with E-state index < -0.39 is 0 Å². The minimum absolute atomic E-state index is 0. The van der Waals surface area contributed by atoms with Crippen LogP contribution in [0, 0.1) is 0 Å². The van der Waals surface area contributed by atoms with Gasteiger partial charge in [-0.25, -0.2) is 4.98 Å². The number of para-hydroxylation sites is 1. The molecule has 2 aromatic rings. The van der Waals surface area contributed by atoms with Crippen molar-refractivity contribution in [1.29, 1.82) is 0 Å². The van der Waals surface area contributed by atoms with Gasteiger partial charge in [-0.3, -0.25) is 19.4 Å². The highest BCUT2D eigenvalue weighted by atomic mass is 35.5. The third-order valence-electron chi connectivity index (χ3n) is 5.19. The summed E-state index contributed by atoms with van der Waals surface area (Å²) in [6, 6.07) is 11.0. The number of rotatable bonds is 2. The van der Waals surface area contributed by atoms with Crippen molar-refractivity contribution in [1.82, 2.24) is 14.8 Å². The number of pyridine rings is 1. The lowest BCUT2D eigenvalue weighted by Gasteiger charge is -2.38. The van der Waals surface area contributed by atoms with Crippen LogP contribution in [0.5, 0.6) is 0 Å². The Balaban J connectivity index is 0.00000225. The SMILES string of the molecule is CC1CN(C)CCN1CC(=O)N1c2ccccc2C(=O)Nc2cccnc21.Cl. The molecular weight excluding hydrogens is 378 g/mol. The van der Waals surface area contributed by atoms with E-state index in [1.807, 2.05) is 6.07 Å². The predicted molar refractivity (Wildman–Crippen MR) is 112 cm³/mol. The molecule has 1 N–H and O–H groups in total. The van der Waals surface area contributed by atoms with E-state index in [0.717, 1.165) is 19.6 Å². The maximum absolute atomic E-state index is 13.4. The lowest BCUT2D eigenvalue weighted by Crippen LogP contribution is -2.53. The number of carbonyl (C=O) groups is 2. The van der Waals surface area contributed by atoms with Crippen LogP contribution in [0.1, 0.15) is 17.3 Å². The molecule has 2 aliphatic heterocycles. The Bertz CT molecular complexity index is 890. The number of fused-ring (bicyclic) bond motifs is 2. The van der Waals surface area contributed by atoms with Crippen molar-refractivity contribution < 1.29 is 9.59 Å². The van der Waals surface area contributed by atoms with Gasteiger partial charge in [0.05, 0.1) is 23.5 Å². The van der Waals surface area contributed by atoms with Crippen LogP contribution in [0.2, 0.25) is 0 Å². The third kappa shape index (κ3) is 3.73. The first-order chi connectivity index (χ1) is 13.0. The molecule has 28 heavy (non-hydrogen) atoms. The molecule has 0 radical (unpaired) electrons. The lowest BCUT2D eigenvalue weighted by atomic mass is 10.1. The number of carbonyl (C=O) groups excluding carboxylic acids is 2. The fourth-order valence-electron chi connectivity index (χ4n) is 3.75. The van der Waals surface area contributed by atoms with Gasteiger partial charge < -0.3 is 10.2 Å². The number of nitrogens with one attached hydrogen (secondary N) is 1. The van der Waals surface area contributed by atoms with Gasteiger partial charge >= 0.3 is 0 Å². The minimum Gasteiger partial charge on any atom is -0.319 e. The number of hydrogen-bond acceptors (Lipinski definition) is 5. The fourth-order valence-corrected chi connectivity index (χ4v) is 3.75. The molecule has 148 valence electrons. The zero-order chi connectivity index (χ0) is 19.0. The largest absolute Gasteiger partial charge is 0.319 e. The van der Waals surface area contributed by atoms with Gasteiger partial charge in [-0.2, -0.15) is 0 Å². The van der Waals surface area contributed by atoms with Crippen LogP contribution in [0.4, 0.5) is 17.2 Å². The molecule has 1 fully saturated rings. The van der Waals surface area contributed by atoms with Crippen LogP contribution < -0.4 is 10.2 Å². The van der Waals surface area contributed by atoms with Gasteiger partial charge in [-0.1, -0.05) is 12.1 Å². The summed E-state index contributed by atoms with van der Waals surface area (Å²) in [5.41, 5.74) is 1.58. The van der Waals surface area contributed by atoms with Gasteiger partial charge in [-0.05, 0) is 38.2 Å². The van der Waals surface area contributed by atoms with Crippen molar-refractivity contribution in [2.24, 2.45) is 0 Å². The van der Waals surface area contributed by atoms with E-state index in [4.69, 9.17) is 0 Å². The number of aromatic nitrogens is 1. The summed E-state index contributed by atoms with van der Waals surface area (Å²) in [5.74, 6) is 0.140. The topological polar surface area (TPSA) is 68.8 Å². The Kier molecular flexibility index (Phi) is 5.98. The Morgan fingerprint density at radius 3 is 2.79 bits per heavy atom. The number of amides is 2. The number of anilines is 3. The van der Waals surface area contributed by atoms with E-state index in [2.05, 4.69) is 34.1 Å². The van der Waals surface area contributed by atoms with E-state index in [9.17, 15) is 9.59 Å². The number of hydrogen-bond donors (Lipinski definition) is 1. The minimum atomic E-state index is -0.233. The van der Waals surface area contributed by atoms with E-state index >= 15 is 0 Å². The van der Waals surface area contributed by atoms with Gasteiger partial charge in [-0.15, -0.1) is 12.4 Å². The molecule has 2 aliphatic rings. The first-order valence-corrected chi connectivity index (χ1v) is 9.15. The van der Waals surface area contributed by atoms with Gasteiger partial charge in [0.2, 0.25) is 5.91 Å². The molecule has 0 saturated carbocycles. The van der Waals surface area contributed by atoms with Crippen LogP contribution in [-0.4, -0.2) is 65.9 Å². The zero-order valence-electron chi connectivity index (χ0n) is 16.0. The molecule has 1 aromatic heterocycles. The second-order valence-electron chi connectivity index (χ2n) is 7.16. The van der Waals surface area contributed by atoms with Crippen molar-refractivity contribution in [3.8, 4) is 0 Å². The average molecular weight is 402 g/mol. The molecule has 4 rings (SSSR count). The highest BCUT2D eigenvalue weighted by Gasteiger charge is 2.32. The van der Waals surface area contributed by atoms with E-state index in [0.29, 0.717) is 22.8 Å². The zero-order valence-corrected chi connectivity index (χ0v) is 16.8. The Labute approximate surface area is 170 Å². The fraction of sp³-hybridized carbons (Fsp3) is 0.350. The Morgan fingerprint density at radius 1 is 1.21 bits per heavy atom. The van der Waals surface area contributed by atoms with E-state index in [1.54, 1.807) is 41.4 Å². The van der Waals surface area contributed by atoms with Crippen LogP contribution >= 0.6 is 12.4 Å². The molecule has 1 saturated heterocycles. The average Bonchev–Trinajstić information content (AvgIpc) is 2.78. The van der Waals surface area contributed by atoms with Crippen molar-refractivity contribution >= 4 is 41.4 Å². The summed E-state index contributed by atoms with van der Waals surface area (Å²) >= 11 is 0. The molecule has 1 unspecified atom stereocenters. The summed E-state index contributed by atoms with van der Waals surface area (Å²) in [6.45, 7) is 5.12. The molecule has 8 heteroatoms. The highest BCUT2D eigenvalue weighted by molar-refractivity contribution is 6.17. The Morgan fingerprint density at radius 2 is 2.00 bits per heavy atom. The smallest absolute Gasteiger partial charge is 0.257 e. The van der Waals surface area contributed by atoms with Gasteiger partial charge in [0.1, 0.15) is 0 Å². The normalized spacial score (nSPS) is 19.7. The molecule has 0 aliphatic carbocycles. The van der Waals surface area contributed by atoms with Crippen molar-refractivity contribution in [2.45, 2.75) is 13.0 Å². The highest BCUT2D eigenvalue weighted by Crippen LogP contribution is 2.36. The maximum Gasteiger partial charge on any atom is 0.257 e. The summed E-state index contributed by atoms with van der Waals surface area (Å²) in [7, 11) is 2.10. The second-order valence-corrected chi connectivity index (χ2v) is 7.16. The summed E-state index contributed by atoms with van der Waals surface area (Å²) in [6.07, 6.45) is 1.64. The summed E-state index contributed by atoms with van der Waals surface area (Å²) < 4.78 is 0. The van der Waals surface area contributed by atoms with E-state index in [1.165, 1.54) is 0 Å². The maximum atomic E-state index is 13.4. The molecule has 1 atom stereocenters. The monoisotopic (exact) mass is 401 g/mol. The number of nitrogens with zero attached hydrogens (tertiary/aromatic N) is 4. The first kappa shape index (κ1) is 20.3. The molecule has 0 spiro atoms. The number of halogens is 1. The molecular formula is C20H24ClN5O2. The molecule has 7 nitrogen and oxygen atoms in total. The van der Waals surface area contributed by atoms with E-state index in [-0.39, 0.29) is 36.8 Å². The Hall–Kier alpha value is -2.48. The molecule has 1 aromatic carbocycles. The standard InChI is InChI=1S/C20H23N5O2.ClH/c1-14-12-23(2)10-11-24(14)13-18(26)25-17-8-4-3-6-15(17)20(27)22-16-7-5-9-21-19(16)25;/h3-9,14H,10-13H2,1-2H3,(H,22,27);1H. The quantitative estimate of drug-likeness (QED) is 0.836. The van der Waals surface area contributed by atoms with Gasteiger partial charge in [0.15, 0.2) is 5.82 Å². The lowest BCUT2D eigenvalue weighted by molar-refractivity contribution is -0.120.